The van der Waals surface area contributed by atoms with E-state index >= 15 is 0 Å². The highest BCUT2D eigenvalue weighted by Crippen LogP contribution is 2.40. The van der Waals surface area contributed by atoms with E-state index in [9.17, 15) is 22.8 Å². The number of ether oxygens (including phenoxy) is 1. The van der Waals surface area contributed by atoms with Gasteiger partial charge in [-0.25, -0.2) is 9.59 Å². The Morgan fingerprint density at radius 3 is 2.55 bits per heavy atom. The highest BCUT2D eigenvalue weighted by Gasteiger charge is 2.51. The first-order valence-electron chi connectivity index (χ1n) is 8.20. The Kier molecular flexibility index (Phi) is 5.16. The first kappa shape index (κ1) is 20.1. The molecule has 3 rings (SSSR count). The maximum atomic E-state index is 13.1. The maximum Gasteiger partial charge on any atom is 0.447 e. The first-order chi connectivity index (χ1) is 13.7. The molecule has 0 fully saturated rings. The van der Waals surface area contributed by atoms with Crippen LogP contribution in [0.25, 0.3) is 5.70 Å². The zero-order chi connectivity index (χ0) is 21.2. The van der Waals surface area contributed by atoms with E-state index in [4.69, 9.17) is 10.5 Å². The van der Waals surface area contributed by atoms with E-state index in [1.54, 1.807) is 12.1 Å². The molecule has 1 aliphatic heterocycles. The fraction of sp³-hybridized carbons (Fsp3) is 0.167. The summed E-state index contributed by atoms with van der Waals surface area (Å²) >= 11 is 0. The van der Waals surface area contributed by atoms with Crippen LogP contribution in [0.3, 0.4) is 0 Å². The molecule has 2 amide bonds. The molecular formula is C18H15F3N5O3+. The SMILES string of the molecule is COC(=O)C1=C(c2cccnc2)[N+](Cc2cccc(C(F)(F)F)c2)(C(N)=O)N=N1. The van der Waals surface area contributed by atoms with Crippen LogP contribution in [-0.4, -0.2) is 28.7 Å². The summed E-state index contributed by atoms with van der Waals surface area (Å²) < 4.78 is 42.9. The van der Waals surface area contributed by atoms with Crippen LogP contribution in [0.4, 0.5) is 18.0 Å². The molecule has 1 aliphatic rings. The lowest BCUT2D eigenvalue weighted by atomic mass is 10.1. The smallest absolute Gasteiger partial charge is 0.447 e. The summed E-state index contributed by atoms with van der Waals surface area (Å²) in [5.74, 6) is -0.877. The van der Waals surface area contributed by atoms with E-state index in [1.807, 2.05) is 0 Å². The van der Waals surface area contributed by atoms with Gasteiger partial charge in [-0.15, -0.1) is 0 Å². The molecule has 2 N–H and O–H groups in total. The molecule has 0 saturated heterocycles. The Bertz CT molecular complexity index is 1020. The number of esters is 1. The topological polar surface area (TPSA) is 107 Å². The first-order valence-corrected chi connectivity index (χ1v) is 8.20. The number of alkyl halides is 3. The fourth-order valence-electron chi connectivity index (χ4n) is 2.93. The molecule has 1 aromatic carbocycles. The van der Waals surface area contributed by atoms with Crippen LogP contribution in [0.5, 0.6) is 0 Å². The molecule has 0 saturated carbocycles. The second-order valence-electron chi connectivity index (χ2n) is 6.08. The van der Waals surface area contributed by atoms with Crippen molar-refractivity contribution in [2.75, 3.05) is 7.11 Å². The van der Waals surface area contributed by atoms with Crippen molar-refractivity contribution in [2.45, 2.75) is 12.7 Å². The van der Waals surface area contributed by atoms with Crippen molar-refractivity contribution in [1.82, 2.24) is 4.98 Å². The molecular weight excluding hydrogens is 391 g/mol. The van der Waals surface area contributed by atoms with Crippen LogP contribution < -0.4 is 5.73 Å². The summed E-state index contributed by atoms with van der Waals surface area (Å²) in [6.07, 6.45) is -1.74. The minimum Gasteiger partial charge on any atom is -0.464 e. The molecule has 1 aromatic heterocycles. The van der Waals surface area contributed by atoms with Gasteiger partial charge in [0.15, 0.2) is 0 Å². The van der Waals surface area contributed by atoms with Gasteiger partial charge in [0, 0.05) is 23.2 Å². The number of amides is 2. The van der Waals surface area contributed by atoms with Gasteiger partial charge in [0.1, 0.15) is 6.54 Å². The monoisotopic (exact) mass is 406 g/mol. The third kappa shape index (κ3) is 3.72. The van der Waals surface area contributed by atoms with Crippen LogP contribution in [0.1, 0.15) is 16.7 Å². The van der Waals surface area contributed by atoms with Gasteiger partial charge in [-0.2, -0.15) is 13.2 Å². The number of carbonyl (C=O) groups is 2. The standard InChI is InChI=1S/C18H14F3N5O3/c1-29-16(27)14-15(12-5-3-7-23-9-12)26(17(22)28,25-24-14)10-11-4-2-6-13(8-11)18(19,20)21/h2-9H,10H2,1H3,(H-,22,28)/p+1. The van der Waals surface area contributed by atoms with Gasteiger partial charge in [-0.1, -0.05) is 21.8 Å². The quantitative estimate of drug-likeness (QED) is 0.620. The van der Waals surface area contributed by atoms with Crippen LogP contribution in [-0.2, 0) is 22.3 Å². The van der Waals surface area contributed by atoms with Gasteiger partial charge < -0.3 is 10.5 Å². The third-order valence-electron chi connectivity index (χ3n) is 4.24. The van der Waals surface area contributed by atoms with Crippen molar-refractivity contribution < 1.29 is 32.1 Å². The molecule has 2 heterocycles. The Morgan fingerprint density at radius 2 is 1.97 bits per heavy atom. The molecule has 150 valence electrons. The molecule has 0 bridgehead atoms. The summed E-state index contributed by atoms with van der Waals surface area (Å²) in [5, 5.41) is 7.62. The zero-order valence-electron chi connectivity index (χ0n) is 15.1. The van der Waals surface area contributed by atoms with Gasteiger partial charge in [0.25, 0.3) is 0 Å². The zero-order valence-corrected chi connectivity index (χ0v) is 15.1. The Labute approximate surface area is 162 Å². The van der Waals surface area contributed by atoms with E-state index in [0.29, 0.717) is 5.56 Å². The number of primary amides is 1. The van der Waals surface area contributed by atoms with E-state index < -0.39 is 34.9 Å². The van der Waals surface area contributed by atoms with E-state index in [0.717, 1.165) is 19.2 Å². The molecule has 1 atom stereocenters. The van der Waals surface area contributed by atoms with Crippen molar-refractivity contribution in [2.24, 2.45) is 16.1 Å². The summed E-state index contributed by atoms with van der Waals surface area (Å²) in [6.45, 7) is -0.395. The summed E-state index contributed by atoms with van der Waals surface area (Å²) in [6, 6.07) is 6.45. The predicted molar refractivity (Wildman–Crippen MR) is 93.0 cm³/mol. The molecule has 0 radical (unpaired) electrons. The lowest BCUT2D eigenvalue weighted by Gasteiger charge is -2.25. The van der Waals surface area contributed by atoms with Gasteiger partial charge in [-0.05, 0) is 24.3 Å². The average Bonchev–Trinajstić information content (AvgIpc) is 3.08. The number of benzene rings is 1. The minimum absolute atomic E-state index is 0.0325. The third-order valence-corrected chi connectivity index (χ3v) is 4.24. The van der Waals surface area contributed by atoms with Crippen molar-refractivity contribution in [3.63, 3.8) is 0 Å². The molecule has 2 aromatic rings. The van der Waals surface area contributed by atoms with Gasteiger partial charge in [0.2, 0.25) is 11.4 Å². The number of urea groups is 1. The number of quaternary nitrogens is 1. The lowest BCUT2D eigenvalue weighted by molar-refractivity contribution is -0.799. The van der Waals surface area contributed by atoms with Crippen molar-refractivity contribution >= 4 is 17.7 Å². The second kappa shape index (κ2) is 7.43. The van der Waals surface area contributed by atoms with Gasteiger partial charge in [0.05, 0.1) is 18.2 Å². The van der Waals surface area contributed by atoms with Crippen LogP contribution in [0.15, 0.2) is 64.8 Å². The molecule has 0 spiro atoms. The molecule has 0 aliphatic carbocycles. The number of rotatable bonds is 4. The normalized spacial score (nSPS) is 18.8. The highest BCUT2D eigenvalue weighted by molar-refractivity contribution is 5.97. The number of nitrogens with two attached hydrogens (primary N) is 1. The molecule has 8 nitrogen and oxygen atoms in total. The van der Waals surface area contributed by atoms with E-state index in [1.165, 1.54) is 24.5 Å². The van der Waals surface area contributed by atoms with Crippen molar-refractivity contribution in [3.05, 3.63) is 71.2 Å². The van der Waals surface area contributed by atoms with E-state index in [-0.39, 0.29) is 17.0 Å². The number of methoxy groups -OCH3 is 1. The Morgan fingerprint density at radius 1 is 1.21 bits per heavy atom. The number of nitrogens with zero attached hydrogens (tertiary/aromatic N) is 4. The number of halogens is 3. The highest BCUT2D eigenvalue weighted by atomic mass is 19.4. The van der Waals surface area contributed by atoms with E-state index in [2.05, 4.69) is 15.3 Å². The maximum absolute atomic E-state index is 13.1. The lowest BCUT2D eigenvalue weighted by Crippen LogP contribution is -2.48. The van der Waals surface area contributed by atoms with Gasteiger partial charge >= 0.3 is 18.2 Å². The average molecular weight is 406 g/mol. The second-order valence-corrected chi connectivity index (χ2v) is 6.08. The number of hydrogen-bond acceptors (Lipinski definition) is 6. The van der Waals surface area contributed by atoms with Crippen molar-refractivity contribution in [3.8, 4) is 0 Å². The summed E-state index contributed by atoms with van der Waals surface area (Å²) in [4.78, 5) is 28.6. The number of pyridine rings is 1. The van der Waals surface area contributed by atoms with Crippen LogP contribution in [0.2, 0.25) is 0 Å². The number of aromatic nitrogens is 1. The van der Waals surface area contributed by atoms with Gasteiger partial charge in [-0.3, -0.25) is 4.98 Å². The number of carbonyl (C=O) groups excluding carboxylic acids is 2. The van der Waals surface area contributed by atoms with Crippen molar-refractivity contribution in [1.29, 1.82) is 0 Å². The molecule has 11 heteroatoms. The fourth-order valence-corrected chi connectivity index (χ4v) is 2.93. The van der Waals surface area contributed by atoms with Crippen LogP contribution >= 0.6 is 0 Å². The number of hydrogen-bond donors (Lipinski definition) is 1. The molecule has 1 unspecified atom stereocenters. The predicted octanol–water partition coefficient (Wildman–Crippen LogP) is 3.42. The molecule has 29 heavy (non-hydrogen) atoms. The summed E-state index contributed by atoms with van der Waals surface area (Å²) in [7, 11) is 1.12. The van der Waals surface area contributed by atoms with Crippen LogP contribution in [0, 0.1) is 0 Å². The Hall–Kier alpha value is -3.60. The Balaban J connectivity index is 2.17. The minimum atomic E-state index is -4.57. The summed E-state index contributed by atoms with van der Waals surface area (Å²) in [5.41, 5.74) is 4.78. The largest absolute Gasteiger partial charge is 0.464 e.